The molecule has 0 saturated heterocycles. The Kier molecular flexibility index (Phi) is 8.03. The van der Waals surface area contributed by atoms with E-state index in [0.29, 0.717) is 13.0 Å². The van der Waals surface area contributed by atoms with E-state index in [1.165, 1.54) is 0 Å². The molecule has 2 N–H and O–H groups in total. The lowest BCUT2D eigenvalue weighted by Gasteiger charge is -2.36. The van der Waals surface area contributed by atoms with Crippen LogP contribution in [0.25, 0.3) is 0 Å². The largest absolute Gasteiger partial charge is 0.497 e. The van der Waals surface area contributed by atoms with Gasteiger partial charge in [-0.15, -0.1) is 0 Å². The van der Waals surface area contributed by atoms with E-state index >= 15 is 0 Å². The third-order valence-electron chi connectivity index (χ3n) is 5.45. The maximum Gasteiger partial charge on any atom is 0.143 e. The summed E-state index contributed by atoms with van der Waals surface area (Å²) in [6, 6.07) is 28.4. The SMILES string of the molecule is COc1ccc(C(OCCCC(CO)CO)(c2ccccc2)c2ccccc2)cc1. The van der Waals surface area contributed by atoms with Crippen LogP contribution in [-0.2, 0) is 10.3 Å². The Morgan fingerprint density at radius 1 is 0.733 bits per heavy atom. The van der Waals surface area contributed by atoms with Gasteiger partial charge in [-0.05, 0) is 41.7 Å². The van der Waals surface area contributed by atoms with Gasteiger partial charge < -0.3 is 19.7 Å². The van der Waals surface area contributed by atoms with Crippen molar-refractivity contribution < 1.29 is 19.7 Å². The predicted octanol–water partition coefficient (Wildman–Crippen LogP) is 4.38. The highest BCUT2D eigenvalue weighted by atomic mass is 16.5. The van der Waals surface area contributed by atoms with Crippen LogP contribution in [-0.4, -0.2) is 37.1 Å². The van der Waals surface area contributed by atoms with Gasteiger partial charge in [-0.2, -0.15) is 0 Å². The van der Waals surface area contributed by atoms with Crippen molar-refractivity contribution in [3.8, 4) is 5.75 Å². The molecule has 0 unspecified atom stereocenters. The van der Waals surface area contributed by atoms with Crippen molar-refractivity contribution in [2.75, 3.05) is 26.9 Å². The summed E-state index contributed by atoms with van der Waals surface area (Å²) >= 11 is 0. The van der Waals surface area contributed by atoms with Crippen LogP contribution in [0.2, 0.25) is 0 Å². The summed E-state index contributed by atoms with van der Waals surface area (Å²) in [7, 11) is 1.66. The van der Waals surface area contributed by atoms with Crippen molar-refractivity contribution in [1.29, 1.82) is 0 Å². The topological polar surface area (TPSA) is 58.9 Å². The second-order valence-corrected chi connectivity index (χ2v) is 7.36. The van der Waals surface area contributed by atoms with Gasteiger partial charge in [-0.25, -0.2) is 0 Å². The van der Waals surface area contributed by atoms with Gasteiger partial charge in [-0.1, -0.05) is 72.8 Å². The molecule has 3 aromatic carbocycles. The molecular weight excluding hydrogens is 376 g/mol. The standard InChI is InChI=1S/C26H30O4/c1-29-25-16-14-24(15-17-25)26(22-10-4-2-5-11-22,23-12-6-3-7-13-23)30-18-8-9-21(19-27)20-28/h2-7,10-17,21,27-28H,8-9,18-20H2,1H3. The van der Waals surface area contributed by atoms with Gasteiger partial charge in [-0.3, -0.25) is 0 Å². The highest BCUT2D eigenvalue weighted by Gasteiger charge is 2.37. The van der Waals surface area contributed by atoms with Gasteiger partial charge in [0.15, 0.2) is 0 Å². The van der Waals surface area contributed by atoms with E-state index in [4.69, 9.17) is 9.47 Å². The second-order valence-electron chi connectivity index (χ2n) is 7.36. The lowest BCUT2D eigenvalue weighted by molar-refractivity contribution is 0.00695. The summed E-state index contributed by atoms with van der Waals surface area (Å²) in [6.07, 6.45) is 1.44. The van der Waals surface area contributed by atoms with E-state index in [1.54, 1.807) is 7.11 Å². The first-order valence-electron chi connectivity index (χ1n) is 10.4. The molecule has 0 aromatic heterocycles. The van der Waals surface area contributed by atoms with E-state index in [0.717, 1.165) is 28.9 Å². The molecule has 0 spiro atoms. The average molecular weight is 407 g/mol. The Labute approximate surface area is 178 Å². The van der Waals surface area contributed by atoms with Crippen molar-refractivity contribution in [2.45, 2.75) is 18.4 Å². The van der Waals surface area contributed by atoms with Crippen LogP contribution in [0, 0.1) is 5.92 Å². The Bertz CT molecular complexity index is 819. The minimum absolute atomic E-state index is 0.0164. The van der Waals surface area contributed by atoms with Gasteiger partial charge in [0.2, 0.25) is 0 Å². The molecule has 0 fully saturated rings. The van der Waals surface area contributed by atoms with Crippen molar-refractivity contribution in [1.82, 2.24) is 0 Å². The molecule has 0 bridgehead atoms. The number of hydrogen-bond donors (Lipinski definition) is 2. The molecule has 0 aliphatic carbocycles. The minimum Gasteiger partial charge on any atom is -0.497 e. The first kappa shape index (κ1) is 22.0. The van der Waals surface area contributed by atoms with Gasteiger partial charge in [0.25, 0.3) is 0 Å². The van der Waals surface area contributed by atoms with Crippen LogP contribution in [0.5, 0.6) is 5.75 Å². The predicted molar refractivity (Wildman–Crippen MR) is 119 cm³/mol. The van der Waals surface area contributed by atoms with Gasteiger partial charge in [0.05, 0.1) is 7.11 Å². The van der Waals surface area contributed by atoms with E-state index in [2.05, 4.69) is 24.3 Å². The number of benzene rings is 3. The Balaban J connectivity index is 2.02. The molecule has 0 saturated carbocycles. The van der Waals surface area contributed by atoms with Crippen molar-refractivity contribution in [3.05, 3.63) is 102 Å². The quantitative estimate of drug-likeness (QED) is 0.366. The Morgan fingerprint density at radius 3 is 1.70 bits per heavy atom. The summed E-state index contributed by atoms with van der Waals surface area (Å²) in [5.41, 5.74) is 2.33. The molecule has 30 heavy (non-hydrogen) atoms. The first-order chi connectivity index (χ1) is 14.7. The maximum absolute atomic E-state index is 9.36. The van der Waals surface area contributed by atoms with Crippen LogP contribution in [0.4, 0.5) is 0 Å². The number of hydrogen-bond acceptors (Lipinski definition) is 4. The number of aliphatic hydroxyl groups excluding tert-OH is 2. The zero-order valence-electron chi connectivity index (χ0n) is 17.4. The molecule has 158 valence electrons. The monoisotopic (exact) mass is 406 g/mol. The fraction of sp³-hybridized carbons (Fsp3) is 0.308. The smallest absolute Gasteiger partial charge is 0.143 e. The Morgan fingerprint density at radius 2 is 1.23 bits per heavy atom. The first-order valence-corrected chi connectivity index (χ1v) is 10.4. The maximum atomic E-state index is 9.36. The van der Waals surface area contributed by atoms with Crippen LogP contribution >= 0.6 is 0 Å². The van der Waals surface area contributed by atoms with Crippen molar-refractivity contribution in [2.24, 2.45) is 5.92 Å². The summed E-state index contributed by atoms with van der Waals surface area (Å²) in [5.74, 6) is 0.681. The summed E-state index contributed by atoms with van der Waals surface area (Å²) in [4.78, 5) is 0. The molecule has 3 rings (SSSR count). The third kappa shape index (κ3) is 4.90. The summed E-state index contributed by atoms with van der Waals surface area (Å²) in [5, 5.41) is 18.7. The lowest BCUT2D eigenvalue weighted by atomic mass is 9.80. The van der Waals surface area contributed by atoms with E-state index in [9.17, 15) is 10.2 Å². The van der Waals surface area contributed by atoms with Crippen LogP contribution in [0.1, 0.15) is 29.5 Å². The molecule has 4 nitrogen and oxygen atoms in total. The molecular formula is C26H30O4. The summed E-state index contributed by atoms with van der Waals surface area (Å²) in [6.45, 7) is 0.460. The normalized spacial score (nSPS) is 11.6. The van der Waals surface area contributed by atoms with Gasteiger partial charge >= 0.3 is 0 Å². The van der Waals surface area contributed by atoms with Gasteiger partial charge in [0.1, 0.15) is 11.4 Å². The van der Waals surface area contributed by atoms with Crippen LogP contribution < -0.4 is 4.74 Å². The number of aliphatic hydroxyl groups is 2. The zero-order chi connectivity index (χ0) is 21.2. The number of ether oxygens (including phenoxy) is 2. The lowest BCUT2D eigenvalue weighted by Crippen LogP contribution is -2.33. The molecule has 3 aromatic rings. The molecule has 0 aliphatic heterocycles. The number of methoxy groups -OCH3 is 1. The fourth-order valence-corrected chi connectivity index (χ4v) is 3.76. The van der Waals surface area contributed by atoms with Gasteiger partial charge in [0, 0.05) is 25.7 Å². The molecule has 0 heterocycles. The third-order valence-corrected chi connectivity index (χ3v) is 5.45. The van der Waals surface area contributed by atoms with E-state index < -0.39 is 5.60 Å². The molecule has 4 heteroatoms. The highest BCUT2D eigenvalue weighted by Crippen LogP contribution is 2.41. The van der Waals surface area contributed by atoms with Crippen LogP contribution in [0.15, 0.2) is 84.9 Å². The van der Waals surface area contributed by atoms with Crippen molar-refractivity contribution >= 4 is 0 Å². The molecule has 0 aliphatic rings. The summed E-state index contributed by atoms with van der Waals surface area (Å²) < 4.78 is 12.1. The average Bonchev–Trinajstić information content (AvgIpc) is 2.83. The minimum atomic E-state index is -0.775. The van der Waals surface area contributed by atoms with Crippen LogP contribution in [0.3, 0.4) is 0 Å². The molecule has 0 radical (unpaired) electrons. The zero-order valence-corrected chi connectivity index (χ0v) is 17.4. The van der Waals surface area contributed by atoms with E-state index in [1.807, 2.05) is 60.7 Å². The highest BCUT2D eigenvalue weighted by molar-refractivity contribution is 5.48. The van der Waals surface area contributed by atoms with Crippen molar-refractivity contribution in [3.63, 3.8) is 0 Å². The Hall–Kier alpha value is -2.66. The second kappa shape index (κ2) is 10.9. The van der Waals surface area contributed by atoms with E-state index in [-0.39, 0.29) is 19.1 Å². The number of rotatable bonds is 11. The molecule has 0 amide bonds. The molecule has 0 atom stereocenters. The fourth-order valence-electron chi connectivity index (χ4n) is 3.76.